The van der Waals surface area contributed by atoms with Crippen LogP contribution in [0.3, 0.4) is 0 Å². The second kappa shape index (κ2) is 6.99. The highest BCUT2D eigenvalue weighted by Crippen LogP contribution is 2.31. The molecule has 0 spiro atoms. The van der Waals surface area contributed by atoms with Crippen molar-refractivity contribution in [3.8, 4) is 0 Å². The van der Waals surface area contributed by atoms with Crippen LogP contribution in [-0.4, -0.2) is 12.6 Å². The first-order valence-electron chi connectivity index (χ1n) is 7.09. The predicted molar refractivity (Wildman–Crippen MR) is 76.2 cm³/mol. The molecule has 1 N–H and O–H groups in total. The Morgan fingerprint density at radius 2 is 1.79 bits per heavy atom. The van der Waals surface area contributed by atoms with Crippen LogP contribution < -0.4 is 5.32 Å². The van der Waals surface area contributed by atoms with Crippen LogP contribution in [-0.2, 0) is 6.42 Å². The van der Waals surface area contributed by atoms with E-state index in [2.05, 4.69) is 33.0 Å². The summed E-state index contributed by atoms with van der Waals surface area (Å²) in [5.41, 5.74) is 0.638. The molecule has 0 amide bonds. The van der Waals surface area contributed by atoms with Gasteiger partial charge >= 0.3 is 0 Å². The Morgan fingerprint density at radius 1 is 1.16 bits per heavy atom. The van der Waals surface area contributed by atoms with E-state index in [9.17, 15) is 8.78 Å². The van der Waals surface area contributed by atoms with Gasteiger partial charge in [0.15, 0.2) is 0 Å². The van der Waals surface area contributed by atoms with Crippen molar-refractivity contribution in [3.05, 3.63) is 35.4 Å². The maximum atomic E-state index is 13.8. The largest absolute Gasteiger partial charge is 0.314 e. The van der Waals surface area contributed by atoms with Crippen molar-refractivity contribution in [2.45, 2.75) is 53.0 Å². The van der Waals surface area contributed by atoms with Gasteiger partial charge in [-0.1, -0.05) is 33.8 Å². The van der Waals surface area contributed by atoms with Crippen LogP contribution in [0.25, 0.3) is 0 Å². The first kappa shape index (κ1) is 16.1. The van der Waals surface area contributed by atoms with E-state index in [1.54, 1.807) is 6.07 Å². The van der Waals surface area contributed by atoms with Crippen molar-refractivity contribution in [1.29, 1.82) is 0 Å². The van der Waals surface area contributed by atoms with Gasteiger partial charge in [-0.25, -0.2) is 8.78 Å². The smallest absolute Gasteiger partial charge is 0.129 e. The molecule has 0 saturated carbocycles. The molecule has 108 valence electrons. The number of rotatable bonds is 7. The molecule has 19 heavy (non-hydrogen) atoms. The summed E-state index contributed by atoms with van der Waals surface area (Å²) in [6.45, 7) is 9.33. The second-order valence-corrected chi connectivity index (χ2v) is 5.66. The third-order valence-corrected chi connectivity index (χ3v) is 3.97. The maximum absolute atomic E-state index is 13.8. The molecule has 0 aliphatic carbocycles. The van der Waals surface area contributed by atoms with Crippen LogP contribution in [0, 0.1) is 17.0 Å². The highest BCUT2D eigenvalue weighted by Gasteiger charge is 2.27. The van der Waals surface area contributed by atoms with Gasteiger partial charge in [-0.15, -0.1) is 0 Å². The van der Waals surface area contributed by atoms with Gasteiger partial charge in [-0.2, -0.15) is 0 Å². The summed E-state index contributed by atoms with van der Waals surface area (Å²) in [5.74, 6) is -0.948. The van der Waals surface area contributed by atoms with Gasteiger partial charge in [-0.05, 0) is 36.3 Å². The monoisotopic (exact) mass is 269 g/mol. The average Bonchev–Trinajstić information content (AvgIpc) is 2.37. The molecular weight excluding hydrogens is 244 g/mol. The molecule has 0 unspecified atom stereocenters. The quantitative estimate of drug-likeness (QED) is 0.777. The van der Waals surface area contributed by atoms with Gasteiger partial charge in [0.25, 0.3) is 0 Å². The van der Waals surface area contributed by atoms with Crippen LogP contribution in [0.5, 0.6) is 0 Å². The summed E-state index contributed by atoms with van der Waals surface area (Å²) in [6, 6.07) is 4.29. The number of hydrogen-bond acceptors (Lipinski definition) is 1. The molecule has 0 heterocycles. The minimum Gasteiger partial charge on any atom is -0.314 e. The Balaban J connectivity index is 2.87. The normalized spacial score (nSPS) is 12.2. The van der Waals surface area contributed by atoms with Crippen molar-refractivity contribution in [2.75, 3.05) is 6.54 Å². The third-order valence-electron chi connectivity index (χ3n) is 3.97. The first-order valence-corrected chi connectivity index (χ1v) is 7.09. The maximum Gasteiger partial charge on any atom is 0.129 e. The Hall–Kier alpha value is -0.960. The summed E-state index contributed by atoms with van der Waals surface area (Å²) in [4.78, 5) is 0. The van der Waals surface area contributed by atoms with Gasteiger partial charge in [0.2, 0.25) is 0 Å². The van der Waals surface area contributed by atoms with Crippen molar-refractivity contribution < 1.29 is 8.78 Å². The molecule has 0 saturated heterocycles. The highest BCUT2D eigenvalue weighted by molar-refractivity contribution is 5.20. The van der Waals surface area contributed by atoms with Gasteiger partial charge < -0.3 is 5.32 Å². The van der Waals surface area contributed by atoms with E-state index in [1.807, 2.05) is 0 Å². The molecule has 1 aromatic carbocycles. The lowest BCUT2D eigenvalue weighted by Gasteiger charge is -2.33. The molecule has 1 aromatic rings. The van der Waals surface area contributed by atoms with E-state index >= 15 is 0 Å². The zero-order valence-electron chi connectivity index (χ0n) is 12.4. The third kappa shape index (κ3) is 4.57. The standard InChI is InChI=1S/C16H25F2N/c1-5-16(6-2,11-19-12(3)4)10-13-7-8-14(17)9-15(13)18/h7-9,12,19H,5-6,10-11H2,1-4H3. The van der Waals surface area contributed by atoms with E-state index in [4.69, 9.17) is 0 Å². The Kier molecular flexibility index (Phi) is 5.92. The minimum atomic E-state index is -0.514. The lowest BCUT2D eigenvalue weighted by Crippen LogP contribution is -2.38. The van der Waals surface area contributed by atoms with Gasteiger partial charge in [0, 0.05) is 18.7 Å². The fraction of sp³-hybridized carbons (Fsp3) is 0.625. The van der Waals surface area contributed by atoms with Gasteiger partial charge in [0.05, 0.1) is 0 Å². The molecule has 0 aliphatic heterocycles. The van der Waals surface area contributed by atoms with Crippen LogP contribution in [0.2, 0.25) is 0 Å². The van der Waals surface area contributed by atoms with Gasteiger partial charge in [-0.3, -0.25) is 0 Å². The molecule has 0 fully saturated rings. The van der Waals surface area contributed by atoms with E-state index in [0.717, 1.165) is 25.5 Å². The molecule has 0 radical (unpaired) electrons. The molecule has 0 bridgehead atoms. The SMILES string of the molecule is CCC(CC)(CNC(C)C)Cc1ccc(F)cc1F. The average molecular weight is 269 g/mol. The zero-order valence-corrected chi connectivity index (χ0v) is 12.4. The first-order chi connectivity index (χ1) is 8.92. The molecule has 1 rings (SSSR count). The van der Waals surface area contributed by atoms with E-state index in [-0.39, 0.29) is 5.41 Å². The highest BCUT2D eigenvalue weighted by atomic mass is 19.1. The topological polar surface area (TPSA) is 12.0 Å². The Labute approximate surface area is 115 Å². The summed E-state index contributed by atoms with van der Waals surface area (Å²) >= 11 is 0. The Bertz CT molecular complexity index is 398. The van der Waals surface area contributed by atoms with Gasteiger partial charge in [0.1, 0.15) is 11.6 Å². The lowest BCUT2D eigenvalue weighted by atomic mass is 9.76. The number of hydrogen-bond donors (Lipinski definition) is 1. The molecule has 0 aromatic heterocycles. The van der Waals surface area contributed by atoms with Crippen molar-refractivity contribution in [3.63, 3.8) is 0 Å². The molecule has 1 nitrogen and oxygen atoms in total. The Morgan fingerprint density at radius 3 is 2.26 bits per heavy atom. The fourth-order valence-electron chi connectivity index (χ4n) is 2.30. The molecular formula is C16H25F2N. The van der Waals surface area contributed by atoms with Crippen molar-refractivity contribution >= 4 is 0 Å². The van der Waals surface area contributed by atoms with Crippen LogP contribution in [0.15, 0.2) is 18.2 Å². The fourth-order valence-corrected chi connectivity index (χ4v) is 2.30. The van der Waals surface area contributed by atoms with E-state index < -0.39 is 11.6 Å². The summed E-state index contributed by atoms with van der Waals surface area (Å²) in [6.07, 6.45) is 2.59. The molecule has 0 atom stereocenters. The number of halogens is 2. The van der Waals surface area contributed by atoms with Crippen LogP contribution in [0.1, 0.15) is 46.1 Å². The van der Waals surface area contributed by atoms with Crippen LogP contribution in [0.4, 0.5) is 8.78 Å². The van der Waals surface area contributed by atoms with Crippen molar-refractivity contribution in [2.24, 2.45) is 5.41 Å². The van der Waals surface area contributed by atoms with E-state index in [0.29, 0.717) is 18.0 Å². The molecule has 0 aliphatic rings. The summed E-state index contributed by atoms with van der Waals surface area (Å²) < 4.78 is 26.7. The molecule has 3 heteroatoms. The zero-order chi connectivity index (χ0) is 14.5. The summed E-state index contributed by atoms with van der Waals surface area (Å²) in [5, 5.41) is 3.44. The summed E-state index contributed by atoms with van der Waals surface area (Å²) in [7, 11) is 0. The van der Waals surface area contributed by atoms with Crippen LogP contribution >= 0.6 is 0 Å². The second-order valence-electron chi connectivity index (χ2n) is 5.66. The lowest BCUT2D eigenvalue weighted by molar-refractivity contribution is 0.237. The minimum absolute atomic E-state index is 0.0307. The predicted octanol–water partition coefficient (Wildman–Crippen LogP) is 4.31. The number of nitrogens with one attached hydrogen (secondary N) is 1. The van der Waals surface area contributed by atoms with E-state index in [1.165, 1.54) is 6.07 Å². The number of benzene rings is 1. The van der Waals surface area contributed by atoms with Crippen molar-refractivity contribution in [1.82, 2.24) is 5.32 Å².